The van der Waals surface area contributed by atoms with Crippen molar-refractivity contribution in [3.8, 4) is 5.75 Å². The van der Waals surface area contributed by atoms with Crippen LogP contribution in [-0.2, 0) is 16.0 Å². The van der Waals surface area contributed by atoms with E-state index >= 15 is 0 Å². The van der Waals surface area contributed by atoms with Crippen LogP contribution in [0.4, 0.5) is 0 Å². The number of esters is 1. The minimum atomic E-state index is -0.212. The van der Waals surface area contributed by atoms with Crippen LogP contribution in [-0.4, -0.2) is 26.2 Å². The molecule has 1 aromatic rings. The van der Waals surface area contributed by atoms with Gasteiger partial charge in [-0.3, -0.25) is 4.79 Å². The summed E-state index contributed by atoms with van der Waals surface area (Å²) in [7, 11) is 1.38. The van der Waals surface area contributed by atoms with Crippen molar-refractivity contribution in [1.29, 1.82) is 0 Å². The topological polar surface area (TPSA) is 61.5 Å². The number of methoxy groups -OCH3 is 1. The highest BCUT2D eigenvalue weighted by atomic mass is 79.9. The molecule has 2 N–H and O–H groups in total. The van der Waals surface area contributed by atoms with Gasteiger partial charge in [0.25, 0.3) is 0 Å². The van der Waals surface area contributed by atoms with Crippen molar-refractivity contribution >= 4 is 21.9 Å². The number of nitrogens with two attached hydrogens (primary N) is 1. The molecule has 0 saturated carbocycles. The molecule has 0 atom stereocenters. The Morgan fingerprint density at radius 1 is 1.44 bits per heavy atom. The standard InChI is InChI=1S/C13H18BrNO3/c1-17-13(16)3-2-8-18-12-5-4-10(6-7-15)9-11(12)14/h4-5,9H,2-3,6-8,15H2,1H3. The van der Waals surface area contributed by atoms with E-state index in [1.807, 2.05) is 18.2 Å². The van der Waals surface area contributed by atoms with Gasteiger partial charge >= 0.3 is 5.97 Å². The lowest BCUT2D eigenvalue weighted by Gasteiger charge is -2.09. The number of ether oxygens (including phenoxy) is 2. The molecule has 4 nitrogen and oxygen atoms in total. The lowest BCUT2D eigenvalue weighted by atomic mass is 10.1. The highest BCUT2D eigenvalue weighted by Gasteiger charge is 2.04. The molecule has 18 heavy (non-hydrogen) atoms. The number of benzene rings is 1. The van der Waals surface area contributed by atoms with E-state index in [1.165, 1.54) is 12.7 Å². The van der Waals surface area contributed by atoms with Gasteiger partial charge in [0.1, 0.15) is 5.75 Å². The van der Waals surface area contributed by atoms with E-state index in [0.717, 1.165) is 16.6 Å². The van der Waals surface area contributed by atoms with Crippen molar-refractivity contribution in [2.75, 3.05) is 20.3 Å². The molecule has 0 spiro atoms. The van der Waals surface area contributed by atoms with Crippen LogP contribution in [0.2, 0.25) is 0 Å². The van der Waals surface area contributed by atoms with E-state index in [4.69, 9.17) is 10.5 Å². The fourth-order valence-electron chi connectivity index (χ4n) is 1.48. The molecule has 0 aromatic heterocycles. The predicted molar refractivity (Wildman–Crippen MR) is 73.6 cm³/mol. The van der Waals surface area contributed by atoms with Crippen LogP contribution in [0.25, 0.3) is 0 Å². The Labute approximate surface area is 116 Å². The number of carbonyl (C=O) groups excluding carboxylic acids is 1. The number of halogens is 1. The van der Waals surface area contributed by atoms with Gasteiger partial charge in [0, 0.05) is 6.42 Å². The maximum atomic E-state index is 10.9. The van der Waals surface area contributed by atoms with E-state index in [1.54, 1.807) is 0 Å². The summed E-state index contributed by atoms with van der Waals surface area (Å²) in [5, 5.41) is 0. The molecule has 0 radical (unpaired) electrons. The van der Waals surface area contributed by atoms with Crippen LogP contribution in [0.15, 0.2) is 22.7 Å². The van der Waals surface area contributed by atoms with Gasteiger partial charge in [0.15, 0.2) is 0 Å². The predicted octanol–water partition coefficient (Wildman–Crippen LogP) is 2.28. The Balaban J connectivity index is 2.40. The first-order chi connectivity index (χ1) is 8.67. The minimum absolute atomic E-state index is 0.212. The van der Waals surface area contributed by atoms with E-state index < -0.39 is 0 Å². The fourth-order valence-corrected chi connectivity index (χ4v) is 2.02. The average Bonchev–Trinajstić information content (AvgIpc) is 2.36. The summed E-state index contributed by atoms with van der Waals surface area (Å²) in [6.45, 7) is 1.12. The maximum Gasteiger partial charge on any atom is 0.305 e. The highest BCUT2D eigenvalue weighted by Crippen LogP contribution is 2.26. The Hall–Kier alpha value is -1.07. The van der Waals surface area contributed by atoms with Gasteiger partial charge in [-0.25, -0.2) is 0 Å². The molecule has 5 heteroatoms. The summed E-state index contributed by atoms with van der Waals surface area (Å²) in [5.41, 5.74) is 6.67. The van der Waals surface area contributed by atoms with Gasteiger partial charge in [0.05, 0.1) is 18.2 Å². The Morgan fingerprint density at radius 3 is 2.83 bits per heavy atom. The zero-order valence-electron chi connectivity index (χ0n) is 10.4. The average molecular weight is 316 g/mol. The van der Waals surface area contributed by atoms with Gasteiger partial charge in [0.2, 0.25) is 0 Å². The lowest BCUT2D eigenvalue weighted by Crippen LogP contribution is -2.05. The number of rotatable bonds is 7. The summed E-state index contributed by atoms with van der Waals surface area (Å²) < 4.78 is 11.0. The monoisotopic (exact) mass is 315 g/mol. The van der Waals surface area contributed by atoms with Crippen molar-refractivity contribution in [3.63, 3.8) is 0 Å². The van der Waals surface area contributed by atoms with Crippen molar-refractivity contribution in [3.05, 3.63) is 28.2 Å². The Morgan fingerprint density at radius 2 is 2.22 bits per heavy atom. The Bertz CT molecular complexity index is 396. The molecule has 0 aliphatic heterocycles. The van der Waals surface area contributed by atoms with Crippen molar-refractivity contribution < 1.29 is 14.3 Å². The largest absolute Gasteiger partial charge is 0.492 e. The van der Waals surface area contributed by atoms with Crippen LogP contribution in [0.1, 0.15) is 18.4 Å². The first kappa shape index (κ1) is 15.0. The molecule has 0 saturated heterocycles. The molecule has 0 aliphatic rings. The number of carbonyl (C=O) groups is 1. The van der Waals surface area contributed by atoms with Crippen LogP contribution in [0.3, 0.4) is 0 Å². The summed E-state index contributed by atoms with van der Waals surface area (Å²) >= 11 is 3.45. The molecule has 0 fully saturated rings. The van der Waals surface area contributed by atoms with Gasteiger partial charge in [-0.15, -0.1) is 0 Å². The summed E-state index contributed by atoms with van der Waals surface area (Å²) in [5.74, 6) is 0.566. The quantitative estimate of drug-likeness (QED) is 0.619. The molecule has 0 amide bonds. The number of hydrogen-bond donors (Lipinski definition) is 1. The van der Waals surface area contributed by atoms with E-state index in [-0.39, 0.29) is 5.97 Å². The van der Waals surface area contributed by atoms with E-state index in [0.29, 0.717) is 26.0 Å². The van der Waals surface area contributed by atoms with Crippen molar-refractivity contribution in [1.82, 2.24) is 0 Å². The zero-order chi connectivity index (χ0) is 13.4. The second kappa shape index (κ2) is 8.11. The Kier molecular flexibility index (Phi) is 6.75. The molecule has 1 rings (SSSR count). The second-order valence-electron chi connectivity index (χ2n) is 3.83. The summed E-state index contributed by atoms with van der Waals surface area (Å²) in [6.07, 6.45) is 1.87. The third-order valence-corrected chi connectivity index (χ3v) is 3.06. The van der Waals surface area contributed by atoms with Gasteiger partial charge in [-0.1, -0.05) is 6.07 Å². The third-order valence-electron chi connectivity index (χ3n) is 2.44. The fraction of sp³-hybridized carbons (Fsp3) is 0.462. The zero-order valence-corrected chi connectivity index (χ0v) is 12.0. The molecule has 1 aromatic carbocycles. The SMILES string of the molecule is COC(=O)CCCOc1ccc(CCN)cc1Br. The van der Waals surface area contributed by atoms with Crippen LogP contribution >= 0.6 is 15.9 Å². The maximum absolute atomic E-state index is 10.9. The van der Waals surface area contributed by atoms with Crippen LogP contribution in [0.5, 0.6) is 5.75 Å². The normalized spacial score (nSPS) is 10.2. The molecular weight excluding hydrogens is 298 g/mol. The molecule has 100 valence electrons. The first-order valence-electron chi connectivity index (χ1n) is 5.85. The summed E-state index contributed by atoms with van der Waals surface area (Å²) in [4.78, 5) is 10.9. The van der Waals surface area contributed by atoms with Gasteiger partial charge in [-0.2, -0.15) is 0 Å². The van der Waals surface area contributed by atoms with E-state index in [2.05, 4.69) is 20.7 Å². The van der Waals surface area contributed by atoms with Crippen molar-refractivity contribution in [2.45, 2.75) is 19.3 Å². The number of hydrogen-bond acceptors (Lipinski definition) is 4. The van der Waals surface area contributed by atoms with Crippen LogP contribution in [0, 0.1) is 0 Å². The van der Waals surface area contributed by atoms with Gasteiger partial charge < -0.3 is 15.2 Å². The first-order valence-corrected chi connectivity index (χ1v) is 6.64. The molecular formula is C13H18BrNO3. The van der Waals surface area contributed by atoms with Crippen LogP contribution < -0.4 is 10.5 Å². The minimum Gasteiger partial charge on any atom is -0.492 e. The molecule has 0 aliphatic carbocycles. The molecule has 0 bridgehead atoms. The smallest absolute Gasteiger partial charge is 0.305 e. The summed E-state index contributed by atoms with van der Waals surface area (Å²) in [6, 6.07) is 5.91. The molecule has 0 heterocycles. The van der Waals surface area contributed by atoms with E-state index in [9.17, 15) is 4.79 Å². The molecule has 0 unspecified atom stereocenters. The lowest BCUT2D eigenvalue weighted by molar-refractivity contribution is -0.140. The van der Waals surface area contributed by atoms with Gasteiger partial charge in [-0.05, 0) is 53.0 Å². The second-order valence-corrected chi connectivity index (χ2v) is 4.69. The third kappa shape index (κ3) is 5.06. The highest BCUT2D eigenvalue weighted by molar-refractivity contribution is 9.10. The van der Waals surface area contributed by atoms with Crippen molar-refractivity contribution in [2.24, 2.45) is 5.73 Å².